The first-order valence-corrected chi connectivity index (χ1v) is 17.2. The first kappa shape index (κ1) is 35.0. The predicted molar refractivity (Wildman–Crippen MR) is 181 cm³/mol. The molecule has 46 heavy (non-hydrogen) atoms. The SMILES string of the molecule is CC(C)C(=O)CCCC(=O)Nc1ccc2nc(C(=O)N[C@@H](CCCCCCc3nc4c(cc3CN)CCCN4)CC(=O)O)sc2c1. The Bertz CT molecular complexity index is 1540. The van der Waals surface area contributed by atoms with Gasteiger partial charge in [-0.15, -0.1) is 11.3 Å². The van der Waals surface area contributed by atoms with Crippen LogP contribution in [0, 0.1) is 5.92 Å². The highest BCUT2D eigenvalue weighted by atomic mass is 32.1. The summed E-state index contributed by atoms with van der Waals surface area (Å²) in [5.74, 6) is -0.468. The summed E-state index contributed by atoms with van der Waals surface area (Å²) in [5.41, 5.74) is 10.6. The van der Waals surface area contributed by atoms with Crippen LogP contribution in [-0.2, 0) is 33.8 Å². The number of benzene rings is 1. The normalized spacial score (nSPS) is 13.2. The third kappa shape index (κ3) is 10.3. The van der Waals surface area contributed by atoms with Crippen molar-refractivity contribution >= 4 is 56.6 Å². The number of hydrogen-bond acceptors (Lipinski definition) is 9. The monoisotopic (exact) mass is 650 g/mol. The van der Waals surface area contributed by atoms with E-state index in [1.165, 1.54) is 16.9 Å². The molecule has 1 aliphatic heterocycles. The van der Waals surface area contributed by atoms with Crippen molar-refractivity contribution in [2.24, 2.45) is 11.7 Å². The maximum absolute atomic E-state index is 13.1. The second-order valence-electron chi connectivity index (χ2n) is 12.3. The van der Waals surface area contributed by atoms with Crippen LogP contribution in [0.1, 0.15) is 105 Å². The van der Waals surface area contributed by atoms with E-state index in [0.717, 1.165) is 73.3 Å². The number of carbonyl (C=O) groups excluding carboxylic acids is 3. The zero-order valence-corrected chi connectivity index (χ0v) is 27.6. The van der Waals surface area contributed by atoms with E-state index in [-0.39, 0.29) is 35.5 Å². The molecule has 3 heterocycles. The number of Topliss-reactive ketones (excluding diaryl/α,β-unsaturated/α-hetero) is 1. The van der Waals surface area contributed by atoms with E-state index < -0.39 is 17.9 Å². The number of pyridine rings is 1. The number of carboxylic acid groups (broad SMARTS) is 1. The Morgan fingerprint density at radius 2 is 1.85 bits per heavy atom. The van der Waals surface area contributed by atoms with Gasteiger partial charge in [0.25, 0.3) is 5.91 Å². The molecule has 1 atom stereocenters. The Kier molecular flexibility index (Phi) is 13.0. The van der Waals surface area contributed by atoms with Crippen LogP contribution < -0.4 is 21.7 Å². The number of anilines is 2. The molecule has 1 aromatic carbocycles. The van der Waals surface area contributed by atoms with Crippen molar-refractivity contribution in [3.05, 3.63) is 46.1 Å². The molecule has 0 aliphatic carbocycles. The molecule has 11 nitrogen and oxygen atoms in total. The van der Waals surface area contributed by atoms with Crippen molar-refractivity contribution in [2.45, 2.75) is 103 Å². The molecular weight excluding hydrogens is 604 g/mol. The second-order valence-corrected chi connectivity index (χ2v) is 13.3. The molecule has 2 aromatic heterocycles. The number of fused-ring (bicyclic) bond motifs is 2. The van der Waals surface area contributed by atoms with Crippen LogP contribution in [0.4, 0.5) is 11.5 Å². The molecule has 248 valence electrons. The zero-order valence-electron chi connectivity index (χ0n) is 26.8. The first-order chi connectivity index (χ1) is 22.1. The fourth-order valence-corrected chi connectivity index (χ4v) is 6.53. The quantitative estimate of drug-likeness (QED) is 0.110. The first-order valence-electron chi connectivity index (χ1n) is 16.3. The lowest BCUT2D eigenvalue weighted by atomic mass is 9.99. The number of hydrogen-bond donors (Lipinski definition) is 5. The number of nitrogens with one attached hydrogen (secondary N) is 3. The summed E-state index contributed by atoms with van der Waals surface area (Å²) < 4.78 is 0.731. The average molecular weight is 651 g/mol. The van der Waals surface area contributed by atoms with Gasteiger partial charge in [0.05, 0.1) is 16.6 Å². The molecule has 0 unspecified atom stereocenters. The number of thiazole rings is 1. The van der Waals surface area contributed by atoms with Crippen molar-refractivity contribution in [1.82, 2.24) is 15.3 Å². The van der Waals surface area contributed by atoms with Crippen LogP contribution in [0.25, 0.3) is 10.2 Å². The molecule has 2 amide bonds. The smallest absolute Gasteiger partial charge is 0.305 e. The average Bonchev–Trinajstić information content (AvgIpc) is 3.45. The highest BCUT2D eigenvalue weighted by Gasteiger charge is 2.20. The molecule has 0 saturated heterocycles. The Morgan fingerprint density at radius 1 is 1.04 bits per heavy atom. The molecular formula is C34H46N6O5S. The summed E-state index contributed by atoms with van der Waals surface area (Å²) in [6.45, 7) is 5.12. The minimum absolute atomic E-state index is 0.0371. The van der Waals surface area contributed by atoms with Crippen LogP contribution in [0.15, 0.2) is 24.3 Å². The van der Waals surface area contributed by atoms with Gasteiger partial charge in [-0.3, -0.25) is 19.2 Å². The number of carbonyl (C=O) groups is 4. The molecule has 1 aliphatic rings. The van der Waals surface area contributed by atoms with Gasteiger partial charge >= 0.3 is 5.97 Å². The van der Waals surface area contributed by atoms with Gasteiger partial charge in [0.2, 0.25) is 5.91 Å². The zero-order chi connectivity index (χ0) is 33.1. The molecule has 4 rings (SSSR count). The van der Waals surface area contributed by atoms with Gasteiger partial charge in [-0.25, -0.2) is 9.97 Å². The number of rotatable bonds is 18. The second kappa shape index (κ2) is 17.1. The van der Waals surface area contributed by atoms with Gasteiger partial charge in [-0.1, -0.05) is 33.1 Å². The van der Waals surface area contributed by atoms with E-state index in [0.29, 0.717) is 37.0 Å². The van der Waals surface area contributed by atoms with E-state index >= 15 is 0 Å². The van der Waals surface area contributed by atoms with Crippen LogP contribution in [0.2, 0.25) is 0 Å². The number of aryl methyl sites for hydroxylation is 2. The lowest BCUT2D eigenvalue weighted by molar-refractivity contribution is -0.137. The number of aromatic nitrogens is 2. The number of carboxylic acids is 1. The lowest BCUT2D eigenvalue weighted by Gasteiger charge is -2.20. The third-order valence-corrected chi connectivity index (χ3v) is 9.23. The van der Waals surface area contributed by atoms with Gasteiger partial charge in [-0.05, 0) is 73.9 Å². The number of nitrogens with two attached hydrogens (primary N) is 1. The minimum Gasteiger partial charge on any atom is -0.481 e. The van der Waals surface area contributed by atoms with E-state index in [2.05, 4.69) is 27.0 Å². The molecule has 0 fully saturated rings. The van der Waals surface area contributed by atoms with Gasteiger partial charge in [0, 0.05) is 49.3 Å². The predicted octanol–water partition coefficient (Wildman–Crippen LogP) is 5.61. The fraction of sp³-hybridized carbons (Fsp3) is 0.529. The van der Waals surface area contributed by atoms with Crippen molar-refractivity contribution < 1.29 is 24.3 Å². The van der Waals surface area contributed by atoms with Crippen molar-refractivity contribution in [2.75, 3.05) is 17.2 Å². The van der Waals surface area contributed by atoms with Gasteiger partial charge < -0.3 is 26.8 Å². The molecule has 0 spiro atoms. The van der Waals surface area contributed by atoms with Crippen LogP contribution in [-0.4, -0.2) is 51.2 Å². The Balaban J connectivity index is 1.24. The maximum Gasteiger partial charge on any atom is 0.305 e. The summed E-state index contributed by atoms with van der Waals surface area (Å²) in [4.78, 5) is 58.0. The summed E-state index contributed by atoms with van der Waals surface area (Å²) >= 11 is 1.19. The number of amides is 2. The molecule has 0 bridgehead atoms. The highest BCUT2D eigenvalue weighted by molar-refractivity contribution is 7.20. The fourth-order valence-electron chi connectivity index (χ4n) is 5.62. The molecule has 3 aromatic rings. The number of aliphatic carboxylic acids is 1. The van der Waals surface area contributed by atoms with Crippen molar-refractivity contribution in [3.63, 3.8) is 0 Å². The lowest BCUT2D eigenvalue weighted by Crippen LogP contribution is -2.36. The molecule has 0 saturated carbocycles. The third-order valence-electron chi connectivity index (χ3n) is 8.22. The Morgan fingerprint density at radius 3 is 2.61 bits per heavy atom. The number of ketones is 1. The number of nitrogens with zero attached hydrogens (tertiary/aromatic N) is 2. The Hall–Kier alpha value is -3.90. The van der Waals surface area contributed by atoms with Crippen LogP contribution in [0.5, 0.6) is 0 Å². The Labute approximate surface area is 274 Å². The molecule has 0 radical (unpaired) electrons. The van der Waals surface area contributed by atoms with Crippen molar-refractivity contribution in [1.29, 1.82) is 0 Å². The summed E-state index contributed by atoms with van der Waals surface area (Å²) in [7, 11) is 0. The topological polar surface area (TPSA) is 176 Å². The highest BCUT2D eigenvalue weighted by Crippen LogP contribution is 2.27. The summed E-state index contributed by atoms with van der Waals surface area (Å²) in [6.07, 6.45) is 8.11. The largest absolute Gasteiger partial charge is 0.481 e. The van der Waals surface area contributed by atoms with Crippen molar-refractivity contribution in [3.8, 4) is 0 Å². The van der Waals surface area contributed by atoms with E-state index in [1.807, 2.05) is 13.8 Å². The van der Waals surface area contributed by atoms with Crippen LogP contribution in [0.3, 0.4) is 0 Å². The van der Waals surface area contributed by atoms with E-state index in [4.69, 9.17) is 10.7 Å². The van der Waals surface area contributed by atoms with Gasteiger partial charge in [0.15, 0.2) is 5.01 Å². The van der Waals surface area contributed by atoms with Gasteiger partial charge in [0.1, 0.15) is 11.6 Å². The molecule has 6 N–H and O–H groups in total. The summed E-state index contributed by atoms with van der Waals surface area (Å²) in [5, 5.41) is 18.8. The minimum atomic E-state index is -0.968. The van der Waals surface area contributed by atoms with E-state index in [1.54, 1.807) is 18.2 Å². The van der Waals surface area contributed by atoms with Crippen LogP contribution >= 0.6 is 11.3 Å². The maximum atomic E-state index is 13.1. The van der Waals surface area contributed by atoms with E-state index in [9.17, 15) is 24.3 Å². The molecule has 12 heteroatoms. The number of unbranched alkanes of at least 4 members (excludes halogenated alkanes) is 3. The van der Waals surface area contributed by atoms with Gasteiger partial charge in [-0.2, -0.15) is 0 Å². The summed E-state index contributed by atoms with van der Waals surface area (Å²) in [6, 6.07) is 6.91. The standard InChI is InChI=1S/C34H46N6O5S/c1-21(2)28(41)12-7-13-30(42)37-25-14-15-27-29(18-25)46-34(40-27)33(45)38-24(19-31(43)44)10-5-3-4-6-11-26-23(20-35)17-22-9-8-16-36-32(22)39-26/h14-15,17-18,21,24H,3-13,16,19-20,35H2,1-2H3,(H,36,39)(H,37,42)(H,38,45)(H,43,44)/t24-/m0/s1.